The summed E-state index contributed by atoms with van der Waals surface area (Å²) >= 11 is 0. The smallest absolute Gasteiger partial charge is 0.0233 e. The number of nitrogens with one attached hydrogen (secondary N) is 1. The van der Waals surface area contributed by atoms with Gasteiger partial charge >= 0.3 is 0 Å². The highest BCUT2D eigenvalue weighted by Crippen LogP contribution is 2.10. The third kappa shape index (κ3) is 6.22. The van der Waals surface area contributed by atoms with Crippen molar-refractivity contribution in [2.45, 2.75) is 53.2 Å². The Hall–Kier alpha value is -0.860. The second-order valence-corrected chi connectivity index (χ2v) is 6.02. The van der Waals surface area contributed by atoms with Gasteiger partial charge in [-0.05, 0) is 44.0 Å². The van der Waals surface area contributed by atoms with Crippen molar-refractivity contribution in [2.75, 3.05) is 13.6 Å². The first-order valence-corrected chi connectivity index (χ1v) is 7.51. The molecule has 0 aromatic heterocycles. The fraction of sp³-hybridized carbons (Fsp3) is 0.647. The van der Waals surface area contributed by atoms with E-state index >= 15 is 0 Å². The lowest BCUT2D eigenvalue weighted by Gasteiger charge is -2.23. The minimum absolute atomic E-state index is 0.641. The lowest BCUT2D eigenvalue weighted by Crippen LogP contribution is -2.27. The Labute approximate surface area is 119 Å². The molecule has 0 amide bonds. The highest BCUT2D eigenvalue weighted by molar-refractivity contribution is 5.23. The molecule has 0 fully saturated rings. The van der Waals surface area contributed by atoms with Crippen molar-refractivity contribution in [2.24, 2.45) is 5.92 Å². The van der Waals surface area contributed by atoms with Crippen LogP contribution in [0, 0.1) is 5.92 Å². The van der Waals surface area contributed by atoms with Crippen LogP contribution >= 0.6 is 0 Å². The van der Waals surface area contributed by atoms with Crippen LogP contribution < -0.4 is 5.32 Å². The van der Waals surface area contributed by atoms with E-state index in [0.717, 1.165) is 19.6 Å². The summed E-state index contributed by atoms with van der Waals surface area (Å²) in [4.78, 5) is 2.42. The van der Waals surface area contributed by atoms with E-state index in [1.165, 1.54) is 17.5 Å². The summed E-state index contributed by atoms with van der Waals surface area (Å²) in [5.41, 5.74) is 2.79. The average molecular weight is 262 g/mol. The molecule has 0 aliphatic rings. The Balaban J connectivity index is 2.52. The Bertz CT molecular complexity index is 360. The average Bonchev–Trinajstić information content (AvgIpc) is 2.37. The highest BCUT2D eigenvalue weighted by Gasteiger charge is 2.07. The van der Waals surface area contributed by atoms with Gasteiger partial charge in [-0.25, -0.2) is 0 Å². The van der Waals surface area contributed by atoms with Gasteiger partial charge in [0.25, 0.3) is 0 Å². The third-order valence-electron chi connectivity index (χ3n) is 3.65. The van der Waals surface area contributed by atoms with Crippen LogP contribution in [-0.4, -0.2) is 24.5 Å². The van der Waals surface area contributed by atoms with Gasteiger partial charge < -0.3 is 5.32 Å². The maximum Gasteiger partial charge on any atom is 0.0233 e. The fourth-order valence-electron chi connectivity index (χ4n) is 2.10. The molecule has 0 aliphatic heterocycles. The van der Waals surface area contributed by atoms with E-state index in [0.29, 0.717) is 12.0 Å². The van der Waals surface area contributed by atoms with E-state index in [-0.39, 0.29) is 0 Å². The maximum atomic E-state index is 3.50. The summed E-state index contributed by atoms with van der Waals surface area (Å²) in [6, 6.07) is 9.58. The van der Waals surface area contributed by atoms with Crippen LogP contribution in [0.25, 0.3) is 0 Å². The van der Waals surface area contributed by atoms with Crippen molar-refractivity contribution < 1.29 is 0 Å². The van der Waals surface area contributed by atoms with Gasteiger partial charge in [0.15, 0.2) is 0 Å². The molecule has 0 saturated heterocycles. The van der Waals surface area contributed by atoms with E-state index in [4.69, 9.17) is 0 Å². The van der Waals surface area contributed by atoms with Crippen LogP contribution in [0.4, 0.5) is 0 Å². The van der Waals surface area contributed by atoms with E-state index in [1.54, 1.807) is 0 Å². The quantitative estimate of drug-likeness (QED) is 0.769. The molecule has 1 atom stereocenters. The maximum absolute atomic E-state index is 3.50. The van der Waals surface area contributed by atoms with Gasteiger partial charge in [0.05, 0.1) is 0 Å². The molecule has 0 spiro atoms. The van der Waals surface area contributed by atoms with Gasteiger partial charge in [-0.1, -0.05) is 45.0 Å². The first-order chi connectivity index (χ1) is 9.02. The van der Waals surface area contributed by atoms with Gasteiger partial charge in [0.2, 0.25) is 0 Å². The normalized spacial score (nSPS) is 13.2. The molecule has 0 heterocycles. The van der Waals surface area contributed by atoms with E-state index in [1.807, 2.05) is 0 Å². The van der Waals surface area contributed by atoms with E-state index in [2.05, 4.69) is 69.2 Å². The molecule has 0 saturated carbocycles. The van der Waals surface area contributed by atoms with Crippen LogP contribution in [0.1, 0.15) is 45.2 Å². The first-order valence-electron chi connectivity index (χ1n) is 7.51. The lowest BCUT2D eigenvalue weighted by molar-refractivity contribution is 0.244. The number of rotatable bonds is 8. The van der Waals surface area contributed by atoms with Crippen molar-refractivity contribution in [1.29, 1.82) is 0 Å². The summed E-state index contributed by atoms with van der Waals surface area (Å²) in [7, 11) is 2.21. The largest absolute Gasteiger partial charge is 0.312 e. The van der Waals surface area contributed by atoms with Gasteiger partial charge in [-0.15, -0.1) is 0 Å². The Morgan fingerprint density at radius 3 is 2.47 bits per heavy atom. The zero-order chi connectivity index (χ0) is 14.3. The molecule has 1 rings (SSSR count). The molecular weight excluding hydrogens is 232 g/mol. The predicted molar refractivity (Wildman–Crippen MR) is 84.2 cm³/mol. The van der Waals surface area contributed by atoms with Crippen molar-refractivity contribution >= 4 is 0 Å². The summed E-state index contributed by atoms with van der Waals surface area (Å²) < 4.78 is 0. The van der Waals surface area contributed by atoms with Gasteiger partial charge in [-0.2, -0.15) is 0 Å². The highest BCUT2D eigenvalue weighted by atomic mass is 15.1. The van der Waals surface area contributed by atoms with Gasteiger partial charge in [0.1, 0.15) is 0 Å². The van der Waals surface area contributed by atoms with Crippen molar-refractivity contribution in [3.8, 4) is 0 Å². The van der Waals surface area contributed by atoms with Crippen LogP contribution in [0.15, 0.2) is 24.3 Å². The molecule has 1 unspecified atom stereocenters. The number of benzene rings is 1. The first kappa shape index (κ1) is 16.2. The molecule has 19 heavy (non-hydrogen) atoms. The summed E-state index contributed by atoms with van der Waals surface area (Å²) in [5, 5.41) is 3.50. The monoisotopic (exact) mass is 262 g/mol. The number of hydrogen-bond acceptors (Lipinski definition) is 2. The van der Waals surface area contributed by atoms with E-state index in [9.17, 15) is 0 Å². The molecule has 1 N–H and O–H groups in total. The van der Waals surface area contributed by atoms with Crippen LogP contribution in [0.2, 0.25) is 0 Å². The standard InChI is InChI=1S/C17H30N2/c1-6-15(4)19(5)13-17-9-7-8-16(10-17)12-18-11-14(2)3/h7-10,14-15,18H,6,11-13H2,1-5H3. The zero-order valence-corrected chi connectivity index (χ0v) is 13.2. The van der Waals surface area contributed by atoms with Crippen LogP contribution in [-0.2, 0) is 13.1 Å². The molecule has 108 valence electrons. The summed E-state index contributed by atoms with van der Waals surface area (Å²) in [6.45, 7) is 12.1. The molecule has 2 nitrogen and oxygen atoms in total. The SMILES string of the molecule is CCC(C)N(C)Cc1cccc(CNCC(C)C)c1. The molecule has 0 radical (unpaired) electrons. The fourth-order valence-corrected chi connectivity index (χ4v) is 2.10. The minimum atomic E-state index is 0.641. The molecule has 2 heteroatoms. The molecule has 0 bridgehead atoms. The Morgan fingerprint density at radius 2 is 1.84 bits per heavy atom. The topological polar surface area (TPSA) is 15.3 Å². The zero-order valence-electron chi connectivity index (χ0n) is 13.2. The lowest BCUT2D eigenvalue weighted by atomic mass is 10.1. The second-order valence-electron chi connectivity index (χ2n) is 6.02. The van der Waals surface area contributed by atoms with Crippen LogP contribution in [0.5, 0.6) is 0 Å². The Morgan fingerprint density at radius 1 is 1.16 bits per heavy atom. The van der Waals surface area contributed by atoms with Crippen molar-refractivity contribution in [3.63, 3.8) is 0 Å². The Kier molecular flexibility index (Phi) is 7.11. The van der Waals surface area contributed by atoms with E-state index < -0.39 is 0 Å². The minimum Gasteiger partial charge on any atom is -0.312 e. The predicted octanol–water partition coefficient (Wildman–Crippen LogP) is 3.66. The molecule has 0 aliphatic carbocycles. The third-order valence-corrected chi connectivity index (χ3v) is 3.65. The van der Waals surface area contributed by atoms with Crippen molar-refractivity contribution in [1.82, 2.24) is 10.2 Å². The second kappa shape index (κ2) is 8.34. The summed E-state index contributed by atoms with van der Waals surface area (Å²) in [6.07, 6.45) is 1.20. The van der Waals surface area contributed by atoms with Crippen LogP contribution in [0.3, 0.4) is 0 Å². The van der Waals surface area contributed by atoms with Gasteiger partial charge in [0, 0.05) is 19.1 Å². The number of hydrogen-bond donors (Lipinski definition) is 1. The van der Waals surface area contributed by atoms with Gasteiger partial charge in [-0.3, -0.25) is 4.90 Å². The number of nitrogens with zero attached hydrogens (tertiary/aromatic N) is 1. The molecule has 1 aromatic rings. The molecular formula is C17H30N2. The van der Waals surface area contributed by atoms with Crippen molar-refractivity contribution in [3.05, 3.63) is 35.4 Å². The summed E-state index contributed by atoms with van der Waals surface area (Å²) in [5.74, 6) is 0.708. The molecule has 1 aromatic carbocycles.